The van der Waals surface area contributed by atoms with Gasteiger partial charge >= 0.3 is 0 Å². The number of rotatable bonds is 4. The van der Waals surface area contributed by atoms with Crippen molar-refractivity contribution in [3.05, 3.63) is 22.7 Å². The highest BCUT2D eigenvalue weighted by molar-refractivity contribution is 9.10. The van der Waals surface area contributed by atoms with E-state index in [2.05, 4.69) is 20.7 Å². The van der Waals surface area contributed by atoms with Crippen molar-refractivity contribution < 1.29 is 17.9 Å². The molecule has 0 amide bonds. The van der Waals surface area contributed by atoms with Crippen LogP contribution in [-0.4, -0.2) is 34.3 Å². The lowest BCUT2D eigenvalue weighted by atomic mass is 10.1. The Morgan fingerprint density at radius 1 is 1.45 bits per heavy atom. The van der Waals surface area contributed by atoms with Crippen molar-refractivity contribution in [2.45, 2.75) is 36.8 Å². The van der Waals surface area contributed by atoms with E-state index in [1.165, 1.54) is 13.2 Å². The standard InChI is InChI=1S/C13H18BrNO4S/c1-9-7-10(5-6-19-9)15-20(16,17)11-3-4-13(18-2)12(14)8-11/h3-4,8-10,15H,5-7H2,1-2H3. The first-order valence-corrected chi connectivity index (χ1v) is 8.67. The van der Waals surface area contributed by atoms with E-state index in [1.54, 1.807) is 12.1 Å². The van der Waals surface area contributed by atoms with E-state index in [9.17, 15) is 8.42 Å². The first kappa shape index (κ1) is 15.8. The van der Waals surface area contributed by atoms with E-state index >= 15 is 0 Å². The lowest BCUT2D eigenvalue weighted by molar-refractivity contribution is 0.0173. The Bertz CT molecular complexity index is 576. The van der Waals surface area contributed by atoms with Crippen LogP contribution < -0.4 is 9.46 Å². The van der Waals surface area contributed by atoms with Crippen molar-refractivity contribution in [2.75, 3.05) is 13.7 Å². The predicted octanol–water partition coefficient (Wildman–Crippen LogP) is 2.30. The maximum Gasteiger partial charge on any atom is 0.240 e. The highest BCUT2D eigenvalue weighted by atomic mass is 79.9. The molecule has 0 saturated carbocycles. The average Bonchev–Trinajstić information content (AvgIpc) is 2.38. The molecule has 0 bridgehead atoms. The molecule has 1 N–H and O–H groups in total. The third kappa shape index (κ3) is 3.72. The molecule has 5 nitrogen and oxygen atoms in total. The van der Waals surface area contributed by atoms with Crippen molar-refractivity contribution in [2.24, 2.45) is 0 Å². The van der Waals surface area contributed by atoms with Crippen LogP contribution >= 0.6 is 15.9 Å². The van der Waals surface area contributed by atoms with Crippen LogP contribution in [0.1, 0.15) is 19.8 Å². The van der Waals surface area contributed by atoms with Gasteiger partial charge in [-0.3, -0.25) is 0 Å². The van der Waals surface area contributed by atoms with E-state index in [-0.39, 0.29) is 17.0 Å². The van der Waals surface area contributed by atoms with Crippen LogP contribution in [0.2, 0.25) is 0 Å². The fourth-order valence-electron chi connectivity index (χ4n) is 2.21. The first-order chi connectivity index (χ1) is 9.42. The van der Waals surface area contributed by atoms with Crippen molar-refractivity contribution in [3.63, 3.8) is 0 Å². The van der Waals surface area contributed by atoms with E-state index in [0.717, 1.165) is 0 Å². The second kappa shape index (κ2) is 6.43. The highest BCUT2D eigenvalue weighted by Gasteiger charge is 2.25. The van der Waals surface area contributed by atoms with Crippen LogP contribution in [-0.2, 0) is 14.8 Å². The number of hydrogen-bond donors (Lipinski definition) is 1. The second-order valence-corrected chi connectivity index (χ2v) is 7.39. The maximum absolute atomic E-state index is 12.3. The molecule has 7 heteroatoms. The van der Waals surface area contributed by atoms with Crippen LogP contribution in [0.25, 0.3) is 0 Å². The number of ether oxygens (including phenoxy) is 2. The van der Waals surface area contributed by atoms with Crippen molar-refractivity contribution in [1.29, 1.82) is 0 Å². The Morgan fingerprint density at radius 3 is 2.80 bits per heavy atom. The Hall–Kier alpha value is -0.630. The summed E-state index contributed by atoms with van der Waals surface area (Å²) in [7, 11) is -1.98. The van der Waals surface area contributed by atoms with Gasteiger partial charge in [-0.25, -0.2) is 13.1 Å². The number of halogens is 1. The molecule has 1 aromatic rings. The monoisotopic (exact) mass is 363 g/mol. The van der Waals surface area contributed by atoms with E-state index < -0.39 is 10.0 Å². The van der Waals surface area contributed by atoms with Crippen LogP contribution in [0.3, 0.4) is 0 Å². The Morgan fingerprint density at radius 2 is 2.20 bits per heavy atom. The molecule has 20 heavy (non-hydrogen) atoms. The first-order valence-electron chi connectivity index (χ1n) is 6.40. The summed E-state index contributed by atoms with van der Waals surface area (Å²) in [6.45, 7) is 2.53. The van der Waals surface area contributed by atoms with Crippen molar-refractivity contribution in [1.82, 2.24) is 4.72 Å². The molecule has 1 aromatic carbocycles. The molecule has 1 heterocycles. The minimum atomic E-state index is -3.52. The lowest BCUT2D eigenvalue weighted by Crippen LogP contribution is -2.41. The normalized spacial score (nSPS) is 23.6. The highest BCUT2D eigenvalue weighted by Crippen LogP contribution is 2.27. The van der Waals surface area contributed by atoms with Gasteiger partial charge in [-0.05, 0) is 53.9 Å². The third-order valence-corrected chi connectivity index (χ3v) is 5.38. The zero-order valence-corrected chi connectivity index (χ0v) is 13.8. The molecule has 1 aliphatic rings. The van der Waals surface area contributed by atoms with Gasteiger partial charge in [0.25, 0.3) is 0 Å². The Kier molecular flexibility index (Phi) is 5.06. The zero-order valence-electron chi connectivity index (χ0n) is 11.4. The van der Waals surface area contributed by atoms with Gasteiger partial charge in [0.1, 0.15) is 5.75 Å². The van der Waals surface area contributed by atoms with Gasteiger partial charge < -0.3 is 9.47 Å². The van der Waals surface area contributed by atoms with E-state index in [1.807, 2.05) is 6.92 Å². The molecule has 1 aliphatic heterocycles. The molecule has 1 fully saturated rings. The summed E-state index contributed by atoms with van der Waals surface area (Å²) in [5, 5.41) is 0. The van der Waals surface area contributed by atoms with Gasteiger partial charge in [0.2, 0.25) is 10.0 Å². The Balaban J connectivity index is 2.15. The summed E-state index contributed by atoms with van der Waals surface area (Å²) in [6, 6.07) is 4.63. The fourth-order valence-corrected chi connectivity index (χ4v) is 4.21. The molecule has 2 atom stereocenters. The molecular formula is C13H18BrNO4S. The number of nitrogens with one attached hydrogen (secondary N) is 1. The minimum absolute atomic E-state index is 0.0790. The average molecular weight is 364 g/mol. The van der Waals surface area contributed by atoms with Gasteiger partial charge in [0, 0.05) is 12.6 Å². The summed E-state index contributed by atoms with van der Waals surface area (Å²) >= 11 is 3.30. The number of benzene rings is 1. The van der Waals surface area contributed by atoms with E-state index in [4.69, 9.17) is 9.47 Å². The fraction of sp³-hybridized carbons (Fsp3) is 0.538. The topological polar surface area (TPSA) is 64.6 Å². The summed E-state index contributed by atoms with van der Waals surface area (Å²) in [5.41, 5.74) is 0. The summed E-state index contributed by atoms with van der Waals surface area (Å²) in [5.74, 6) is 0.601. The smallest absolute Gasteiger partial charge is 0.240 e. The molecule has 0 radical (unpaired) electrons. The van der Waals surface area contributed by atoms with Gasteiger partial charge in [-0.2, -0.15) is 0 Å². The molecule has 2 rings (SSSR count). The van der Waals surface area contributed by atoms with E-state index in [0.29, 0.717) is 29.7 Å². The Labute approximate surface area is 127 Å². The molecule has 1 saturated heterocycles. The quantitative estimate of drug-likeness (QED) is 0.891. The molecule has 2 unspecified atom stereocenters. The predicted molar refractivity (Wildman–Crippen MR) is 79.5 cm³/mol. The number of sulfonamides is 1. The van der Waals surface area contributed by atoms with Gasteiger partial charge in [0.05, 0.1) is 22.6 Å². The van der Waals surface area contributed by atoms with Crippen LogP contribution in [0, 0.1) is 0 Å². The minimum Gasteiger partial charge on any atom is -0.496 e. The maximum atomic E-state index is 12.3. The third-order valence-electron chi connectivity index (χ3n) is 3.24. The molecule has 112 valence electrons. The van der Waals surface area contributed by atoms with Gasteiger partial charge in [0.15, 0.2) is 0 Å². The molecular weight excluding hydrogens is 346 g/mol. The largest absolute Gasteiger partial charge is 0.496 e. The van der Waals surface area contributed by atoms with Crippen molar-refractivity contribution in [3.8, 4) is 5.75 Å². The van der Waals surface area contributed by atoms with Gasteiger partial charge in [-0.15, -0.1) is 0 Å². The zero-order chi connectivity index (χ0) is 14.8. The lowest BCUT2D eigenvalue weighted by Gasteiger charge is -2.27. The molecule has 0 spiro atoms. The van der Waals surface area contributed by atoms with Crippen LogP contribution in [0.4, 0.5) is 0 Å². The second-order valence-electron chi connectivity index (χ2n) is 4.82. The van der Waals surface area contributed by atoms with Crippen LogP contribution in [0.15, 0.2) is 27.6 Å². The molecule has 0 aromatic heterocycles. The summed E-state index contributed by atoms with van der Waals surface area (Å²) in [4.78, 5) is 0.226. The van der Waals surface area contributed by atoms with Crippen LogP contribution in [0.5, 0.6) is 5.75 Å². The SMILES string of the molecule is COc1ccc(S(=O)(=O)NC2CCOC(C)C2)cc1Br. The summed E-state index contributed by atoms with van der Waals surface area (Å²) in [6.07, 6.45) is 1.47. The summed E-state index contributed by atoms with van der Waals surface area (Å²) < 4.78 is 38.6. The number of hydrogen-bond acceptors (Lipinski definition) is 4. The van der Waals surface area contributed by atoms with Gasteiger partial charge in [-0.1, -0.05) is 0 Å². The molecule has 0 aliphatic carbocycles. The van der Waals surface area contributed by atoms with Crippen molar-refractivity contribution >= 4 is 26.0 Å². The number of methoxy groups -OCH3 is 1.